The van der Waals surface area contributed by atoms with Gasteiger partial charge in [-0.05, 0) is 65.5 Å². The molecule has 0 bridgehead atoms. The molecule has 0 aromatic heterocycles. The molecule has 1 fully saturated rings. The van der Waals surface area contributed by atoms with Gasteiger partial charge in [0.25, 0.3) is 0 Å². The molecule has 3 rings (SSSR count). The Hall–Kier alpha value is -2.39. The molecule has 0 unspecified atom stereocenters. The Morgan fingerprint density at radius 1 is 1.06 bits per heavy atom. The lowest BCUT2D eigenvalue weighted by atomic mass is 9.75. The molecule has 0 amide bonds. The molecule has 0 N–H and O–H groups in total. The quantitative estimate of drug-likeness (QED) is 0.221. The van der Waals surface area contributed by atoms with Gasteiger partial charge in [-0.15, -0.1) is 0 Å². The Balaban J connectivity index is 1.87. The largest absolute Gasteiger partial charge is 0.458 e. The monoisotopic (exact) mass is 492 g/mol. The van der Waals surface area contributed by atoms with E-state index in [4.69, 9.17) is 4.74 Å². The van der Waals surface area contributed by atoms with E-state index in [1.54, 1.807) is 0 Å². The van der Waals surface area contributed by atoms with Crippen LogP contribution in [0, 0.1) is 17.8 Å². The Kier molecular flexibility index (Phi) is 8.69. The Labute approximate surface area is 201 Å². The van der Waals surface area contributed by atoms with Crippen molar-refractivity contribution >= 4 is 34.1 Å². The third-order valence-electron chi connectivity index (χ3n) is 6.24. The van der Waals surface area contributed by atoms with Crippen molar-refractivity contribution in [3.63, 3.8) is 0 Å². The Bertz CT molecular complexity index is 970. The maximum absolute atomic E-state index is 13.4. The summed E-state index contributed by atoms with van der Waals surface area (Å²) in [6, 6.07) is 17.9. The van der Waals surface area contributed by atoms with E-state index >= 15 is 0 Å². The molecule has 1 saturated carbocycles. The number of carbonyl (C=O) groups is 1. The summed E-state index contributed by atoms with van der Waals surface area (Å²) in [7, 11) is 0. The van der Waals surface area contributed by atoms with Crippen molar-refractivity contribution in [2.75, 3.05) is 0 Å². The number of allylic oxidation sites excluding steroid dienone is 1. The van der Waals surface area contributed by atoms with Gasteiger partial charge in [-0.3, -0.25) is 0 Å². The van der Waals surface area contributed by atoms with E-state index in [1.165, 1.54) is 6.42 Å². The van der Waals surface area contributed by atoms with Crippen molar-refractivity contribution in [2.24, 2.45) is 17.8 Å². The van der Waals surface area contributed by atoms with Crippen molar-refractivity contribution in [1.29, 1.82) is 0 Å². The predicted octanol–water partition coefficient (Wildman–Crippen LogP) is 8.11. The fourth-order valence-corrected chi connectivity index (χ4v) is 4.57. The second kappa shape index (κ2) is 11.5. The minimum Gasteiger partial charge on any atom is -0.458 e. The molecule has 2 aromatic rings. The summed E-state index contributed by atoms with van der Waals surface area (Å²) < 4.78 is 7.15. The van der Waals surface area contributed by atoms with Gasteiger partial charge in [0, 0.05) is 4.47 Å². The van der Waals surface area contributed by atoms with E-state index in [2.05, 4.69) is 43.3 Å². The van der Waals surface area contributed by atoms with Crippen molar-refractivity contribution in [1.82, 2.24) is 0 Å². The van der Waals surface area contributed by atoms with Gasteiger partial charge in [0.2, 0.25) is 0 Å². The number of carbonyl (C=O) groups excluding carboxylic acids is 1. The van der Waals surface area contributed by atoms with Gasteiger partial charge in [-0.2, -0.15) is 0 Å². The van der Waals surface area contributed by atoms with E-state index in [1.807, 2.05) is 72.8 Å². The smallest absolute Gasteiger partial charge is 0.339 e. The van der Waals surface area contributed by atoms with Crippen LogP contribution in [0.25, 0.3) is 12.2 Å². The standard InChI is InChI=1S/C29H33BrO2/c1-20(2)26-17-10-21(3)18-28(26)32-29(31)27(19-24-13-15-25(30)16-14-24)22(4)11-12-23-8-6-5-7-9-23/h5-9,11-16,19-21,26,28H,4,10,17-18H2,1-3H3/b12-11+,27-19-/t21-,26+,28-/m1/s1. The van der Waals surface area contributed by atoms with Gasteiger partial charge in [-0.1, -0.05) is 104 Å². The van der Waals surface area contributed by atoms with Crippen LogP contribution in [0.3, 0.4) is 0 Å². The molecular weight excluding hydrogens is 460 g/mol. The topological polar surface area (TPSA) is 26.3 Å². The third kappa shape index (κ3) is 6.80. The number of hydrogen-bond acceptors (Lipinski definition) is 2. The molecule has 0 saturated heterocycles. The SMILES string of the molecule is C=C(/C=C/c1ccccc1)/C(=C/c1ccc(Br)cc1)C(=O)O[C@@H]1C[C@H](C)CC[C@H]1C(C)C. The number of rotatable bonds is 7. The zero-order valence-electron chi connectivity index (χ0n) is 19.3. The summed E-state index contributed by atoms with van der Waals surface area (Å²) in [4.78, 5) is 13.4. The summed E-state index contributed by atoms with van der Waals surface area (Å²) in [5.74, 6) is 1.17. The second-order valence-electron chi connectivity index (χ2n) is 9.15. The minimum absolute atomic E-state index is 0.0505. The normalized spacial score (nSPS) is 21.7. The lowest BCUT2D eigenvalue weighted by Crippen LogP contribution is -2.36. The Morgan fingerprint density at radius 2 is 1.75 bits per heavy atom. The number of benzene rings is 2. The van der Waals surface area contributed by atoms with Crippen LogP contribution in [0.2, 0.25) is 0 Å². The van der Waals surface area contributed by atoms with E-state index in [9.17, 15) is 4.79 Å². The summed E-state index contributed by atoms with van der Waals surface area (Å²) >= 11 is 3.47. The molecule has 3 atom stereocenters. The number of ether oxygens (including phenoxy) is 1. The molecule has 2 aromatic carbocycles. The van der Waals surface area contributed by atoms with Crippen LogP contribution in [-0.4, -0.2) is 12.1 Å². The molecule has 3 heteroatoms. The van der Waals surface area contributed by atoms with E-state index < -0.39 is 0 Å². The van der Waals surface area contributed by atoms with Crippen LogP contribution in [0.5, 0.6) is 0 Å². The summed E-state index contributed by atoms with van der Waals surface area (Å²) in [6.07, 6.45) is 8.93. The van der Waals surface area contributed by atoms with Crippen molar-refractivity contribution in [2.45, 2.75) is 46.1 Å². The van der Waals surface area contributed by atoms with Gasteiger partial charge < -0.3 is 4.74 Å². The first-order valence-corrected chi connectivity index (χ1v) is 12.2. The molecule has 2 nitrogen and oxygen atoms in total. The zero-order chi connectivity index (χ0) is 23.1. The lowest BCUT2D eigenvalue weighted by Gasteiger charge is -2.36. The molecule has 0 spiro atoms. The zero-order valence-corrected chi connectivity index (χ0v) is 20.8. The van der Waals surface area contributed by atoms with Crippen molar-refractivity contribution < 1.29 is 9.53 Å². The van der Waals surface area contributed by atoms with Gasteiger partial charge in [0.05, 0.1) is 5.57 Å². The first-order valence-electron chi connectivity index (χ1n) is 11.4. The minimum atomic E-state index is -0.291. The highest BCUT2D eigenvalue weighted by Crippen LogP contribution is 2.36. The van der Waals surface area contributed by atoms with Gasteiger partial charge in [-0.25, -0.2) is 4.79 Å². The number of hydrogen-bond donors (Lipinski definition) is 0. The molecule has 0 heterocycles. The van der Waals surface area contributed by atoms with Crippen LogP contribution in [0.4, 0.5) is 0 Å². The highest BCUT2D eigenvalue weighted by atomic mass is 79.9. The van der Waals surface area contributed by atoms with E-state index in [-0.39, 0.29) is 12.1 Å². The van der Waals surface area contributed by atoms with Crippen LogP contribution >= 0.6 is 15.9 Å². The molecular formula is C29H33BrO2. The highest BCUT2D eigenvalue weighted by molar-refractivity contribution is 9.10. The van der Waals surface area contributed by atoms with Gasteiger partial charge >= 0.3 is 5.97 Å². The van der Waals surface area contributed by atoms with Gasteiger partial charge in [0.1, 0.15) is 6.10 Å². The summed E-state index contributed by atoms with van der Waals surface area (Å²) in [5.41, 5.74) is 3.14. The molecule has 1 aliphatic carbocycles. The average molecular weight is 493 g/mol. The molecule has 32 heavy (non-hydrogen) atoms. The first kappa shape index (κ1) is 24.3. The fourth-order valence-electron chi connectivity index (χ4n) is 4.31. The average Bonchev–Trinajstić information content (AvgIpc) is 2.77. The molecule has 0 aliphatic heterocycles. The van der Waals surface area contributed by atoms with Crippen LogP contribution < -0.4 is 0 Å². The highest BCUT2D eigenvalue weighted by Gasteiger charge is 2.34. The third-order valence-corrected chi connectivity index (χ3v) is 6.77. The van der Waals surface area contributed by atoms with Crippen LogP contribution in [0.1, 0.15) is 51.2 Å². The summed E-state index contributed by atoms with van der Waals surface area (Å²) in [5, 5.41) is 0. The maximum Gasteiger partial charge on any atom is 0.339 e. The summed E-state index contributed by atoms with van der Waals surface area (Å²) in [6.45, 7) is 10.9. The predicted molar refractivity (Wildman–Crippen MR) is 138 cm³/mol. The fraction of sp³-hybridized carbons (Fsp3) is 0.345. The van der Waals surface area contributed by atoms with Crippen LogP contribution in [0.15, 0.2) is 82.9 Å². The second-order valence-corrected chi connectivity index (χ2v) is 10.1. The molecule has 0 radical (unpaired) electrons. The molecule has 168 valence electrons. The first-order chi connectivity index (χ1) is 15.3. The van der Waals surface area contributed by atoms with Crippen molar-refractivity contribution in [3.05, 3.63) is 94.0 Å². The number of esters is 1. The lowest BCUT2D eigenvalue weighted by molar-refractivity contribution is -0.150. The van der Waals surface area contributed by atoms with Crippen molar-refractivity contribution in [3.8, 4) is 0 Å². The maximum atomic E-state index is 13.4. The Morgan fingerprint density at radius 3 is 2.41 bits per heavy atom. The molecule has 1 aliphatic rings. The van der Waals surface area contributed by atoms with E-state index in [0.717, 1.165) is 28.4 Å². The van der Waals surface area contributed by atoms with Crippen LogP contribution in [-0.2, 0) is 9.53 Å². The number of halogens is 1. The van der Waals surface area contributed by atoms with Gasteiger partial charge in [0.15, 0.2) is 0 Å². The van der Waals surface area contributed by atoms with E-state index in [0.29, 0.717) is 28.9 Å².